The van der Waals surface area contributed by atoms with Crippen LogP contribution in [0.2, 0.25) is 0 Å². The Balaban J connectivity index is 1.38. The zero-order valence-corrected chi connectivity index (χ0v) is 29.0. The molecular weight excluding hydrogens is 670 g/mol. The third kappa shape index (κ3) is 6.30. The van der Waals surface area contributed by atoms with Gasteiger partial charge in [-0.05, 0) is 86.5 Å². The lowest BCUT2D eigenvalue weighted by Gasteiger charge is -2.30. The van der Waals surface area contributed by atoms with Crippen LogP contribution >= 0.6 is 15.9 Å². The fourth-order valence-electron chi connectivity index (χ4n) is 6.78. The second kappa shape index (κ2) is 14.3. The van der Waals surface area contributed by atoms with Gasteiger partial charge in [0.05, 0.1) is 5.69 Å². The van der Waals surface area contributed by atoms with E-state index in [0.717, 1.165) is 38.2 Å². The van der Waals surface area contributed by atoms with E-state index in [1.54, 1.807) is 0 Å². The quantitative estimate of drug-likeness (QED) is 0.152. The van der Waals surface area contributed by atoms with Crippen molar-refractivity contribution in [1.82, 2.24) is 0 Å². The summed E-state index contributed by atoms with van der Waals surface area (Å²) in [5.74, 6) is 0. The molecule has 50 heavy (non-hydrogen) atoms. The molecule has 0 heterocycles. The van der Waals surface area contributed by atoms with Gasteiger partial charge in [0.15, 0.2) is 0 Å². The van der Waals surface area contributed by atoms with Crippen molar-refractivity contribution < 1.29 is 0 Å². The molecule has 0 aliphatic heterocycles. The predicted molar refractivity (Wildman–Crippen MR) is 216 cm³/mol. The normalized spacial score (nSPS) is 10.9. The Hall–Kier alpha value is -5.96. The van der Waals surface area contributed by atoms with Crippen molar-refractivity contribution in [2.24, 2.45) is 0 Å². The van der Waals surface area contributed by atoms with Crippen LogP contribution in [-0.2, 0) is 0 Å². The molecule has 1 nitrogen and oxygen atoms in total. The number of nitrogens with zero attached hydrogens (tertiary/aromatic N) is 1. The van der Waals surface area contributed by atoms with Gasteiger partial charge in [-0.2, -0.15) is 0 Å². The van der Waals surface area contributed by atoms with Crippen LogP contribution in [0.5, 0.6) is 0 Å². The van der Waals surface area contributed by atoms with E-state index in [-0.39, 0.29) is 0 Å². The fraction of sp³-hybridized carbons (Fsp3) is 0. The highest BCUT2D eigenvalue weighted by atomic mass is 79.9. The average Bonchev–Trinajstić information content (AvgIpc) is 3.20. The highest BCUT2D eigenvalue weighted by Crippen LogP contribution is 2.49. The van der Waals surface area contributed by atoms with Crippen molar-refractivity contribution in [3.05, 3.63) is 211 Å². The molecule has 0 atom stereocenters. The van der Waals surface area contributed by atoms with Gasteiger partial charge in [-0.1, -0.05) is 186 Å². The van der Waals surface area contributed by atoms with E-state index in [1.165, 1.54) is 38.9 Å². The van der Waals surface area contributed by atoms with Crippen LogP contribution in [0.3, 0.4) is 0 Å². The van der Waals surface area contributed by atoms with Crippen molar-refractivity contribution in [3.8, 4) is 55.6 Å². The van der Waals surface area contributed by atoms with Crippen molar-refractivity contribution in [3.63, 3.8) is 0 Å². The van der Waals surface area contributed by atoms with Crippen molar-refractivity contribution >= 4 is 33.0 Å². The Morgan fingerprint density at radius 3 is 1.20 bits per heavy atom. The van der Waals surface area contributed by atoms with Crippen LogP contribution in [0.4, 0.5) is 17.1 Å². The van der Waals surface area contributed by atoms with Crippen LogP contribution in [-0.4, -0.2) is 0 Å². The molecule has 0 aliphatic rings. The number of halogens is 1. The first-order valence-corrected chi connectivity index (χ1v) is 17.7. The summed E-state index contributed by atoms with van der Waals surface area (Å²) >= 11 is 3.90. The zero-order chi connectivity index (χ0) is 33.7. The van der Waals surface area contributed by atoms with Crippen molar-refractivity contribution in [2.45, 2.75) is 0 Å². The van der Waals surface area contributed by atoms with Gasteiger partial charge in [-0.3, -0.25) is 0 Å². The van der Waals surface area contributed by atoms with E-state index in [4.69, 9.17) is 0 Å². The first-order chi connectivity index (χ1) is 24.7. The summed E-state index contributed by atoms with van der Waals surface area (Å²) in [5, 5.41) is 0. The lowest BCUT2D eigenvalue weighted by atomic mass is 9.87. The van der Waals surface area contributed by atoms with E-state index in [0.29, 0.717) is 0 Å². The van der Waals surface area contributed by atoms with Gasteiger partial charge < -0.3 is 4.90 Å². The van der Waals surface area contributed by atoms with E-state index in [9.17, 15) is 0 Å². The zero-order valence-electron chi connectivity index (χ0n) is 27.5. The van der Waals surface area contributed by atoms with Crippen molar-refractivity contribution in [2.75, 3.05) is 4.90 Å². The predicted octanol–water partition coefficient (Wildman–Crippen LogP) is 14.3. The topological polar surface area (TPSA) is 3.24 Å². The maximum atomic E-state index is 3.90. The molecule has 0 radical (unpaired) electrons. The van der Waals surface area contributed by atoms with Gasteiger partial charge in [-0.15, -0.1) is 0 Å². The molecule has 0 unspecified atom stereocenters. The van der Waals surface area contributed by atoms with Gasteiger partial charge in [0.1, 0.15) is 0 Å². The van der Waals surface area contributed by atoms with Gasteiger partial charge in [0.25, 0.3) is 0 Å². The molecule has 8 rings (SSSR count). The molecule has 8 aromatic rings. The maximum absolute atomic E-state index is 3.90. The lowest BCUT2D eigenvalue weighted by molar-refractivity contribution is 1.28. The first-order valence-electron chi connectivity index (χ1n) is 16.9. The smallest absolute Gasteiger partial charge is 0.0546 e. The monoisotopic (exact) mass is 703 g/mol. The molecule has 0 saturated heterocycles. The molecule has 0 aliphatic carbocycles. The Morgan fingerprint density at radius 2 is 0.680 bits per heavy atom. The summed E-state index contributed by atoms with van der Waals surface area (Å²) in [4.78, 5) is 2.40. The molecule has 0 spiro atoms. The number of hydrogen-bond acceptors (Lipinski definition) is 1. The highest BCUT2D eigenvalue weighted by molar-refractivity contribution is 9.10. The van der Waals surface area contributed by atoms with Crippen molar-refractivity contribution in [1.29, 1.82) is 0 Å². The summed E-state index contributed by atoms with van der Waals surface area (Å²) in [6.45, 7) is 0. The maximum Gasteiger partial charge on any atom is 0.0546 e. The second-order valence-corrected chi connectivity index (χ2v) is 13.1. The van der Waals surface area contributed by atoms with Gasteiger partial charge >= 0.3 is 0 Å². The summed E-state index contributed by atoms with van der Waals surface area (Å²) in [6, 6.07) is 73.7. The minimum absolute atomic E-state index is 1.06. The van der Waals surface area contributed by atoms with E-state index in [2.05, 4.69) is 227 Å². The van der Waals surface area contributed by atoms with Gasteiger partial charge in [-0.25, -0.2) is 0 Å². The lowest BCUT2D eigenvalue weighted by Crippen LogP contribution is -2.12. The van der Waals surface area contributed by atoms with E-state index < -0.39 is 0 Å². The molecule has 0 bridgehead atoms. The highest BCUT2D eigenvalue weighted by Gasteiger charge is 2.23. The number of anilines is 3. The number of rotatable bonds is 8. The molecule has 238 valence electrons. The Bertz CT molecular complexity index is 2270. The SMILES string of the molecule is Brc1ccccc1-c1cccc(N(c2ccc(-c3ccccc3)cc2)c2ccc(-c3ccccc3)cc2)c1-c1ccccc1-c1ccccc1. The minimum Gasteiger partial charge on any atom is -0.310 e. The summed E-state index contributed by atoms with van der Waals surface area (Å²) in [6.07, 6.45) is 0. The first kappa shape index (κ1) is 31.3. The summed E-state index contributed by atoms with van der Waals surface area (Å²) in [5.41, 5.74) is 15.0. The molecule has 2 heteroatoms. The summed E-state index contributed by atoms with van der Waals surface area (Å²) < 4.78 is 1.06. The Labute approximate surface area is 302 Å². The van der Waals surface area contributed by atoms with Crippen LogP contribution in [0, 0.1) is 0 Å². The molecular formula is C48H34BrN. The standard InChI is InChI=1S/C48H34BrN/c49-46-25-13-12-22-43(46)45-24-14-26-47(48(45)44-23-11-10-21-42(44)39-19-8-3-9-20-39)50(40-31-27-37(28-32-40)35-15-4-1-5-16-35)41-33-29-38(30-34-41)36-17-6-2-7-18-36/h1-34H. The third-order valence-electron chi connectivity index (χ3n) is 9.19. The van der Waals surface area contributed by atoms with Crippen LogP contribution in [0.1, 0.15) is 0 Å². The third-order valence-corrected chi connectivity index (χ3v) is 9.89. The Morgan fingerprint density at radius 1 is 0.280 bits per heavy atom. The molecule has 8 aromatic carbocycles. The van der Waals surface area contributed by atoms with Crippen LogP contribution < -0.4 is 4.90 Å². The summed E-state index contributed by atoms with van der Waals surface area (Å²) in [7, 11) is 0. The molecule has 0 saturated carbocycles. The van der Waals surface area contributed by atoms with Gasteiger partial charge in [0, 0.05) is 21.4 Å². The second-order valence-electron chi connectivity index (χ2n) is 12.3. The van der Waals surface area contributed by atoms with E-state index in [1.807, 2.05) is 0 Å². The van der Waals surface area contributed by atoms with Crippen LogP contribution in [0.15, 0.2) is 211 Å². The average molecular weight is 705 g/mol. The minimum atomic E-state index is 1.06. The Kier molecular flexibility index (Phi) is 8.93. The number of hydrogen-bond donors (Lipinski definition) is 0. The fourth-order valence-corrected chi connectivity index (χ4v) is 7.28. The largest absolute Gasteiger partial charge is 0.310 e. The molecule has 0 aromatic heterocycles. The van der Waals surface area contributed by atoms with Crippen LogP contribution in [0.25, 0.3) is 55.6 Å². The molecule has 0 N–H and O–H groups in total. The number of benzene rings is 8. The van der Waals surface area contributed by atoms with Gasteiger partial charge in [0.2, 0.25) is 0 Å². The van der Waals surface area contributed by atoms with E-state index >= 15 is 0 Å². The molecule has 0 fully saturated rings. The molecule has 0 amide bonds.